The maximum Gasteiger partial charge on any atom is 0.234 e. The molecule has 98 valence electrons. The van der Waals surface area contributed by atoms with E-state index in [9.17, 15) is 4.79 Å². The van der Waals surface area contributed by atoms with Crippen LogP contribution in [0.15, 0.2) is 30.3 Å². The fraction of sp³-hybridized carbons (Fsp3) is 0.500. The minimum absolute atomic E-state index is 0.137. The van der Waals surface area contributed by atoms with E-state index in [0.29, 0.717) is 6.54 Å². The average molecular weight is 247 g/mol. The molecule has 0 bridgehead atoms. The summed E-state index contributed by atoms with van der Waals surface area (Å²) in [5.74, 6) is -0.217. The van der Waals surface area contributed by atoms with Gasteiger partial charge in [-0.3, -0.25) is 9.69 Å². The number of hydrogen-bond donors (Lipinski definition) is 2. The summed E-state index contributed by atoms with van der Waals surface area (Å²) in [4.78, 5) is 13.7. The van der Waals surface area contributed by atoms with Gasteiger partial charge in [0.2, 0.25) is 5.91 Å². The third-order valence-electron chi connectivity index (χ3n) is 3.65. The van der Waals surface area contributed by atoms with Crippen molar-refractivity contribution in [2.75, 3.05) is 13.1 Å². The fourth-order valence-corrected chi connectivity index (χ4v) is 2.82. The second-order valence-electron chi connectivity index (χ2n) is 4.80. The summed E-state index contributed by atoms with van der Waals surface area (Å²) in [6.45, 7) is 1.54. The molecule has 1 fully saturated rings. The van der Waals surface area contributed by atoms with Gasteiger partial charge in [-0.15, -0.1) is 0 Å². The Morgan fingerprint density at radius 2 is 2.11 bits per heavy atom. The number of nitrogens with two attached hydrogens (primary N) is 2. The molecule has 1 heterocycles. The lowest BCUT2D eigenvalue weighted by Crippen LogP contribution is -2.42. The first-order valence-corrected chi connectivity index (χ1v) is 6.54. The van der Waals surface area contributed by atoms with Gasteiger partial charge in [0.1, 0.15) is 0 Å². The van der Waals surface area contributed by atoms with Gasteiger partial charge in [-0.2, -0.15) is 0 Å². The van der Waals surface area contributed by atoms with Gasteiger partial charge in [-0.25, -0.2) is 0 Å². The van der Waals surface area contributed by atoms with Crippen LogP contribution in [0.1, 0.15) is 30.9 Å². The number of nitrogens with zero attached hydrogens (tertiary/aromatic N) is 1. The first kappa shape index (κ1) is 13.1. The highest BCUT2D eigenvalue weighted by Crippen LogP contribution is 2.31. The van der Waals surface area contributed by atoms with Crippen LogP contribution in [0, 0.1) is 0 Å². The second kappa shape index (κ2) is 5.98. The largest absolute Gasteiger partial charge is 0.368 e. The maximum absolute atomic E-state index is 11.5. The van der Waals surface area contributed by atoms with Crippen LogP contribution in [0.4, 0.5) is 0 Å². The molecule has 1 aromatic rings. The molecule has 1 saturated heterocycles. The van der Waals surface area contributed by atoms with Crippen molar-refractivity contribution in [1.29, 1.82) is 0 Å². The van der Waals surface area contributed by atoms with Crippen LogP contribution in [0.3, 0.4) is 0 Å². The molecule has 0 spiro atoms. The number of hydrogen-bond acceptors (Lipinski definition) is 3. The quantitative estimate of drug-likeness (QED) is 0.816. The molecule has 4 heteroatoms. The van der Waals surface area contributed by atoms with Crippen molar-refractivity contribution >= 4 is 5.91 Å². The van der Waals surface area contributed by atoms with Crippen LogP contribution in [-0.2, 0) is 4.79 Å². The van der Waals surface area contributed by atoms with E-state index in [1.807, 2.05) is 18.2 Å². The summed E-state index contributed by atoms with van der Waals surface area (Å²) in [7, 11) is 0. The fourth-order valence-electron chi connectivity index (χ4n) is 2.82. The summed E-state index contributed by atoms with van der Waals surface area (Å²) >= 11 is 0. The molecule has 2 unspecified atom stereocenters. The van der Waals surface area contributed by atoms with Crippen LogP contribution in [0.5, 0.6) is 0 Å². The van der Waals surface area contributed by atoms with Crippen LogP contribution < -0.4 is 11.5 Å². The standard InChI is InChI=1S/C14H21N3O/c15-9-8-12(11-5-2-1-3-6-11)17-10-4-7-13(17)14(16)18/h1-3,5-6,12-13H,4,7-10,15H2,(H2,16,18). The van der Waals surface area contributed by atoms with Crippen LogP contribution in [-0.4, -0.2) is 29.9 Å². The van der Waals surface area contributed by atoms with Gasteiger partial charge >= 0.3 is 0 Å². The highest BCUT2D eigenvalue weighted by molar-refractivity contribution is 5.80. The van der Waals surface area contributed by atoms with E-state index in [0.717, 1.165) is 25.8 Å². The summed E-state index contributed by atoms with van der Waals surface area (Å²) < 4.78 is 0. The SMILES string of the molecule is NCCC(c1ccccc1)N1CCCC1C(N)=O. The zero-order valence-electron chi connectivity index (χ0n) is 10.6. The number of amides is 1. The molecule has 1 amide bonds. The lowest BCUT2D eigenvalue weighted by molar-refractivity contribution is -0.123. The Morgan fingerprint density at radius 3 is 2.72 bits per heavy atom. The summed E-state index contributed by atoms with van der Waals surface area (Å²) in [5, 5.41) is 0. The third-order valence-corrected chi connectivity index (χ3v) is 3.65. The molecule has 4 N–H and O–H groups in total. The minimum Gasteiger partial charge on any atom is -0.368 e. The van der Waals surface area contributed by atoms with E-state index in [-0.39, 0.29) is 18.0 Å². The molecule has 4 nitrogen and oxygen atoms in total. The zero-order valence-corrected chi connectivity index (χ0v) is 10.6. The van der Waals surface area contributed by atoms with Gasteiger partial charge in [-0.1, -0.05) is 30.3 Å². The Hall–Kier alpha value is -1.39. The molecule has 2 atom stereocenters. The van der Waals surface area contributed by atoms with Crippen molar-refractivity contribution in [1.82, 2.24) is 4.90 Å². The topological polar surface area (TPSA) is 72.3 Å². The molecule has 0 aromatic heterocycles. The van der Waals surface area contributed by atoms with Crippen LogP contribution in [0.2, 0.25) is 0 Å². The number of benzene rings is 1. The highest BCUT2D eigenvalue weighted by atomic mass is 16.1. The number of primary amides is 1. The van der Waals surface area contributed by atoms with Gasteiger partial charge in [0.25, 0.3) is 0 Å². The van der Waals surface area contributed by atoms with Gasteiger partial charge in [0.15, 0.2) is 0 Å². The Balaban J connectivity index is 2.22. The Morgan fingerprint density at radius 1 is 1.39 bits per heavy atom. The van der Waals surface area contributed by atoms with Crippen molar-refractivity contribution in [2.45, 2.75) is 31.3 Å². The third kappa shape index (κ3) is 2.71. The van der Waals surface area contributed by atoms with Gasteiger partial charge < -0.3 is 11.5 Å². The van der Waals surface area contributed by atoms with E-state index in [4.69, 9.17) is 11.5 Å². The molecule has 0 saturated carbocycles. The second-order valence-corrected chi connectivity index (χ2v) is 4.80. The molecule has 0 radical (unpaired) electrons. The molecular weight excluding hydrogens is 226 g/mol. The van der Waals surface area contributed by atoms with Crippen molar-refractivity contribution in [3.05, 3.63) is 35.9 Å². The van der Waals surface area contributed by atoms with Gasteiger partial charge in [0, 0.05) is 6.04 Å². The van der Waals surface area contributed by atoms with Crippen LogP contribution >= 0.6 is 0 Å². The van der Waals surface area contributed by atoms with Gasteiger partial charge in [-0.05, 0) is 37.9 Å². The summed E-state index contributed by atoms with van der Waals surface area (Å²) in [6, 6.07) is 10.3. The van der Waals surface area contributed by atoms with Crippen molar-refractivity contribution < 1.29 is 4.79 Å². The van der Waals surface area contributed by atoms with E-state index < -0.39 is 0 Å². The van der Waals surface area contributed by atoms with Crippen LogP contribution in [0.25, 0.3) is 0 Å². The van der Waals surface area contributed by atoms with E-state index in [1.165, 1.54) is 5.56 Å². The summed E-state index contributed by atoms with van der Waals surface area (Å²) in [5.41, 5.74) is 12.4. The number of likely N-dealkylation sites (tertiary alicyclic amines) is 1. The zero-order chi connectivity index (χ0) is 13.0. The first-order valence-electron chi connectivity index (χ1n) is 6.54. The predicted molar refractivity (Wildman–Crippen MR) is 71.8 cm³/mol. The predicted octanol–water partition coefficient (Wildman–Crippen LogP) is 1.03. The lowest BCUT2D eigenvalue weighted by atomic mass is 10.0. The molecule has 2 rings (SSSR count). The molecule has 1 aliphatic rings. The normalized spacial score (nSPS) is 21.9. The highest BCUT2D eigenvalue weighted by Gasteiger charge is 2.34. The Bertz CT molecular complexity index is 393. The maximum atomic E-state index is 11.5. The minimum atomic E-state index is -0.217. The number of rotatable bonds is 5. The number of carbonyl (C=O) groups is 1. The molecule has 0 aliphatic carbocycles. The Kier molecular flexibility index (Phi) is 4.33. The van der Waals surface area contributed by atoms with Gasteiger partial charge in [0.05, 0.1) is 6.04 Å². The van der Waals surface area contributed by atoms with Crippen molar-refractivity contribution in [3.8, 4) is 0 Å². The molecule has 1 aromatic carbocycles. The molecule has 1 aliphatic heterocycles. The average Bonchev–Trinajstić information content (AvgIpc) is 2.86. The van der Waals surface area contributed by atoms with Crippen molar-refractivity contribution in [3.63, 3.8) is 0 Å². The molecule has 18 heavy (non-hydrogen) atoms. The molecular formula is C14H21N3O. The monoisotopic (exact) mass is 247 g/mol. The van der Waals surface area contributed by atoms with E-state index >= 15 is 0 Å². The van der Waals surface area contributed by atoms with Crippen molar-refractivity contribution in [2.24, 2.45) is 11.5 Å². The van der Waals surface area contributed by atoms with E-state index in [1.54, 1.807) is 0 Å². The number of carbonyl (C=O) groups excluding carboxylic acids is 1. The Labute approximate surface area is 108 Å². The van der Waals surface area contributed by atoms with E-state index in [2.05, 4.69) is 17.0 Å². The first-order chi connectivity index (χ1) is 8.74. The summed E-state index contributed by atoms with van der Waals surface area (Å²) in [6.07, 6.45) is 2.75. The smallest absolute Gasteiger partial charge is 0.234 e. The lowest BCUT2D eigenvalue weighted by Gasteiger charge is -2.31.